The first-order valence-corrected chi connectivity index (χ1v) is 12.1. The average molecular weight is 559 g/mol. The number of nitrogens with zero attached hydrogens (tertiary/aromatic N) is 1. The third-order valence-corrected chi connectivity index (χ3v) is 7.40. The molecule has 6 rings (SSSR count). The summed E-state index contributed by atoms with van der Waals surface area (Å²) in [5, 5.41) is 3.55. The Balaban J connectivity index is 1.61. The van der Waals surface area contributed by atoms with Crippen LogP contribution in [0.2, 0.25) is 0 Å². The van der Waals surface area contributed by atoms with E-state index in [1.807, 2.05) is 89.6 Å². The predicted molar refractivity (Wildman–Crippen MR) is 143 cm³/mol. The number of aryl methyl sites for hydroxylation is 1. The second-order valence-corrected chi connectivity index (χ2v) is 9.84. The van der Waals surface area contributed by atoms with Gasteiger partial charge in [-0.1, -0.05) is 48.5 Å². The summed E-state index contributed by atoms with van der Waals surface area (Å²) >= 11 is 2.04. The topological polar surface area (TPSA) is 67.6 Å². The van der Waals surface area contributed by atoms with Gasteiger partial charge in [-0.05, 0) is 48.4 Å². The second-order valence-electron chi connectivity index (χ2n) is 8.80. The molecule has 0 saturated carbocycles. The van der Waals surface area contributed by atoms with Crippen molar-refractivity contribution in [3.63, 3.8) is 0 Å². The summed E-state index contributed by atoms with van der Waals surface area (Å²) in [6, 6.07) is 28.2. The summed E-state index contributed by atoms with van der Waals surface area (Å²) in [6.45, 7) is 2.06. The number of Topliss-reactive ketones (excluding diaryl/α,β-unsaturated/α-hetero) is 1. The van der Waals surface area contributed by atoms with Crippen LogP contribution in [0.3, 0.4) is 0 Å². The third-order valence-electron chi connectivity index (χ3n) is 6.84. The van der Waals surface area contributed by atoms with Crippen molar-refractivity contribution in [2.24, 2.45) is 5.84 Å². The molecule has 1 aliphatic carbocycles. The highest BCUT2D eigenvalue weighted by Gasteiger charge is 2.51. The maximum absolute atomic E-state index is 13.3. The summed E-state index contributed by atoms with van der Waals surface area (Å²) < 4.78 is 8.00. The fourth-order valence-electron chi connectivity index (χ4n) is 5.27. The number of nitrogens with two attached hydrogens (primary N) is 1. The van der Waals surface area contributed by atoms with Gasteiger partial charge in [0.2, 0.25) is 0 Å². The minimum Gasteiger partial charge on any atom is -0.457 e. The number of carbonyl (C=O) groups is 1. The molecule has 34 heavy (non-hydrogen) atoms. The van der Waals surface area contributed by atoms with E-state index in [1.54, 1.807) is 0 Å². The van der Waals surface area contributed by atoms with Gasteiger partial charge >= 0.3 is 0 Å². The molecule has 0 radical (unpaired) electrons. The van der Waals surface area contributed by atoms with Crippen molar-refractivity contribution in [1.29, 1.82) is 0 Å². The Morgan fingerprint density at radius 3 is 2.44 bits per heavy atom. The van der Waals surface area contributed by atoms with Crippen molar-refractivity contribution in [2.75, 3.05) is 8.54 Å². The maximum Gasteiger partial charge on any atom is 0.164 e. The van der Waals surface area contributed by atoms with E-state index in [0.29, 0.717) is 6.42 Å². The number of ether oxygens (including phenoxy) is 1. The monoisotopic (exact) mass is 559 g/mol. The average Bonchev–Trinajstić information content (AvgIpc) is 3.13. The zero-order valence-corrected chi connectivity index (χ0v) is 20.7. The van der Waals surface area contributed by atoms with Crippen LogP contribution in [0.1, 0.15) is 39.0 Å². The van der Waals surface area contributed by atoms with Gasteiger partial charge in [0.25, 0.3) is 0 Å². The van der Waals surface area contributed by atoms with Gasteiger partial charge in [0.1, 0.15) is 11.5 Å². The van der Waals surface area contributed by atoms with Gasteiger partial charge in [-0.3, -0.25) is 8.02 Å². The fraction of sp³-hybridized carbons (Fsp3) is 0.107. The highest BCUT2D eigenvalue weighted by molar-refractivity contribution is 14.1. The van der Waals surface area contributed by atoms with Gasteiger partial charge in [0.05, 0.1) is 34.0 Å². The van der Waals surface area contributed by atoms with Crippen LogP contribution in [0.4, 0.5) is 17.1 Å². The lowest BCUT2D eigenvalue weighted by Crippen LogP contribution is -2.31. The number of rotatable bonds is 3. The number of para-hydroxylation sites is 1. The van der Waals surface area contributed by atoms with E-state index in [9.17, 15) is 4.79 Å². The fourth-order valence-corrected chi connectivity index (χ4v) is 5.57. The first-order chi connectivity index (χ1) is 16.5. The molecule has 1 heterocycles. The lowest BCUT2D eigenvalue weighted by molar-refractivity contribution is 0.0983. The molecule has 0 saturated heterocycles. The molecule has 0 aromatic heterocycles. The zero-order chi connectivity index (χ0) is 23.4. The smallest absolute Gasteiger partial charge is 0.164 e. The third kappa shape index (κ3) is 3.13. The summed E-state index contributed by atoms with van der Waals surface area (Å²) in [5.74, 6) is 7.64. The molecule has 4 aromatic rings. The second kappa shape index (κ2) is 7.85. The van der Waals surface area contributed by atoms with Crippen LogP contribution in [0.15, 0.2) is 84.9 Å². The van der Waals surface area contributed by atoms with Gasteiger partial charge in [-0.15, -0.1) is 0 Å². The summed E-state index contributed by atoms with van der Waals surface area (Å²) in [5.41, 5.74) is 7.04. The Morgan fingerprint density at radius 1 is 0.912 bits per heavy atom. The first kappa shape index (κ1) is 21.2. The van der Waals surface area contributed by atoms with Crippen molar-refractivity contribution >= 4 is 45.7 Å². The molecule has 3 N–H and O–H groups in total. The molecule has 1 aliphatic heterocycles. The van der Waals surface area contributed by atoms with Crippen molar-refractivity contribution in [3.05, 3.63) is 113 Å². The number of hydrogen-bond donors (Lipinski definition) is 2. The van der Waals surface area contributed by atoms with E-state index in [0.717, 1.165) is 56.4 Å². The van der Waals surface area contributed by atoms with Gasteiger partial charge in [-0.2, -0.15) is 0 Å². The van der Waals surface area contributed by atoms with Crippen LogP contribution in [-0.2, 0) is 5.41 Å². The first-order valence-electron chi connectivity index (χ1n) is 11.1. The minimum atomic E-state index is -0.624. The van der Waals surface area contributed by atoms with Gasteiger partial charge in [-0.25, -0.2) is 5.84 Å². The largest absolute Gasteiger partial charge is 0.457 e. The van der Waals surface area contributed by atoms with E-state index in [2.05, 4.69) is 30.4 Å². The van der Waals surface area contributed by atoms with E-state index in [4.69, 9.17) is 10.6 Å². The molecule has 0 bridgehead atoms. The van der Waals surface area contributed by atoms with Gasteiger partial charge < -0.3 is 10.1 Å². The number of ketones is 1. The van der Waals surface area contributed by atoms with E-state index in [-0.39, 0.29) is 5.78 Å². The number of hydrogen-bond acceptors (Lipinski definition) is 5. The number of carbonyl (C=O) groups excluding carboxylic acids is 1. The zero-order valence-electron chi connectivity index (χ0n) is 18.5. The van der Waals surface area contributed by atoms with Crippen LogP contribution in [-0.4, -0.2) is 5.78 Å². The maximum atomic E-state index is 13.3. The quantitative estimate of drug-likeness (QED) is 0.125. The molecule has 4 aromatic carbocycles. The molecular formula is C28H22IN3O2. The standard InChI is InChI=1S/C28H22IN3O2/c1-17-13-26-23(15-24(17)31-18-7-3-2-4-8-18)28(16-25(33)20-9-5-6-10-21(20)28)22-12-11-19(32(29)30)14-27(22)34-26/h2-15,31H,16,30H2,1H3. The summed E-state index contributed by atoms with van der Waals surface area (Å²) in [6.07, 6.45) is 0.361. The SMILES string of the molecule is Cc1cc2c(cc1Nc1ccccc1)C1(CC(=O)c3ccccc31)c1ccc(N(N)I)cc1O2. The molecule has 0 amide bonds. The summed E-state index contributed by atoms with van der Waals surface area (Å²) in [7, 11) is 0. The highest BCUT2D eigenvalue weighted by atomic mass is 127. The van der Waals surface area contributed by atoms with Crippen LogP contribution in [0.25, 0.3) is 0 Å². The van der Waals surface area contributed by atoms with Crippen LogP contribution in [0, 0.1) is 6.92 Å². The van der Waals surface area contributed by atoms with Crippen molar-refractivity contribution in [3.8, 4) is 11.5 Å². The molecule has 6 heteroatoms. The number of nitrogens with one attached hydrogen (secondary N) is 1. The van der Waals surface area contributed by atoms with Crippen molar-refractivity contribution in [2.45, 2.75) is 18.8 Å². The van der Waals surface area contributed by atoms with Crippen LogP contribution in [0.5, 0.6) is 11.5 Å². The number of halogens is 1. The summed E-state index contributed by atoms with van der Waals surface area (Å²) in [4.78, 5) is 13.3. The predicted octanol–water partition coefficient (Wildman–Crippen LogP) is 6.80. The number of hydrazine groups is 1. The molecule has 5 nitrogen and oxygen atoms in total. The molecule has 2 aliphatic rings. The molecule has 168 valence electrons. The van der Waals surface area contributed by atoms with E-state index >= 15 is 0 Å². The van der Waals surface area contributed by atoms with E-state index < -0.39 is 5.41 Å². The normalized spacial score (nSPS) is 17.6. The van der Waals surface area contributed by atoms with Crippen molar-refractivity contribution < 1.29 is 9.53 Å². The molecule has 1 atom stereocenters. The van der Waals surface area contributed by atoms with Gasteiger partial charge in [0.15, 0.2) is 5.78 Å². The van der Waals surface area contributed by atoms with Gasteiger partial charge in [0, 0.05) is 40.6 Å². The Labute approximate surface area is 212 Å². The van der Waals surface area contributed by atoms with Crippen LogP contribution >= 0.6 is 22.9 Å². The van der Waals surface area contributed by atoms with Crippen LogP contribution < -0.4 is 19.1 Å². The Hall–Kier alpha value is -3.36. The molecular weight excluding hydrogens is 537 g/mol. The number of fused-ring (bicyclic) bond motifs is 6. The number of benzene rings is 4. The van der Waals surface area contributed by atoms with E-state index in [1.165, 1.54) is 3.22 Å². The highest BCUT2D eigenvalue weighted by Crippen LogP contribution is 2.58. The Bertz CT molecular complexity index is 1450. The minimum absolute atomic E-state index is 0.144. The molecule has 1 spiro atoms. The Kier molecular flexibility index (Phi) is 4.89. The number of anilines is 3. The molecule has 0 fully saturated rings. The lowest BCUT2D eigenvalue weighted by atomic mass is 9.68. The molecule has 1 unspecified atom stereocenters. The van der Waals surface area contributed by atoms with Crippen molar-refractivity contribution in [1.82, 2.24) is 0 Å². The lowest BCUT2D eigenvalue weighted by Gasteiger charge is -2.38. The Morgan fingerprint density at radius 2 is 1.65 bits per heavy atom.